The Hall–Kier alpha value is -1.61. The third-order valence-corrected chi connectivity index (χ3v) is 2.74. The molecule has 2 rings (SSSR count). The van der Waals surface area contributed by atoms with E-state index in [1.165, 1.54) is 22.8 Å². The predicted octanol–water partition coefficient (Wildman–Crippen LogP) is 2.84. The van der Waals surface area contributed by atoms with Gasteiger partial charge in [-0.3, -0.25) is 4.79 Å². The van der Waals surface area contributed by atoms with Crippen LogP contribution in [0.2, 0.25) is 5.15 Å². The Morgan fingerprint density at radius 1 is 1.12 bits per heavy atom. The highest BCUT2D eigenvalue weighted by Gasteiger charge is 2.03. The van der Waals surface area contributed by atoms with Crippen LogP contribution in [0.25, 0.3) is 11.1 Å². The van der Waals surface area contributed by atoms with E-state index < -0.39 is 0 Å². The number of pyridine rings is 1. The summed E-state index contributed by atoms with van der Waals surface area (Å²) in [6.45, 7) is 0. The fourth-order valence-electron chi connectivity index (χ4n) is 1.41. The standard InChI is InChI=1S/C12H9ClFNO/c1-15-11(13)6-9(7-12(15)16)8-2-4-10(14)5-3-8/h2-7H,1H3. The third-order valence-electron chi connectivity index (χ3n) is 2.38. The van der Waals surface area contributed by atoms with E-state index in [0.717, 1.165) is 5.56 Å². The Balaban J connectivity index is 2.57. The van der Waals surface area contributed by atoms with Crippen molar-refractivity contribution in [3.05, 3.63) is 57.7 Å². The van der Waals surface area contributed by atoms with Gasteiger partial charge in [0.05, 0.1) is 0 Å². The Bertz CT molecular complexity index is 575. The van der Waals surface area contributed by atoms with Crippen molar-refractivity contribution in [1.29, 1.82) is 0 Å². The molecule has 4 heteroatoms. The average molecular weight is 238 g/mol. The van der Waals surface area contributed by atoms with Crippen molar-refractivity contribution in [3.63, 3.8) is 0 Å². The summed E-state index contributed by atoms with van der Waals surface area (Å²) >= 11 is 5.89. The molecule has 2 nitrogen and oxygen atoms in total. The summed E-state index contributed by atoms with van der Waals surface area (Å²) in [6, 6.07) is 9.07. The molecule has 2 aromatic rings. The molecule has 0 fully saturated rings. The van der Waals surface area contributed by atoms with Crippen molar-refractivity contribution < 1.29 is 4.39 Å². The highest BCUT2D eigenvalue weighted by Crippen LogP contribution is 2.20. The number of hydrogen-bond acceptors (Lipinski definition) is 1. The van der Waals surface area contributed by atoms with Gasteiger partial charge >= 0.3 is 0 Å². The van der Waals surface area contributed by atoms with Crippen LogP contribution in [0.1, 0.15) is 0 Å². The van der Waals surface area contributed by atoms with Gasteiger partial charge in [-0.1, -0.05) is 23.7 Å². The second-order valence-corrected chi connectivity index (χ2v) is 3.86. The highest BCUT2D eigenvalue weighted by molar-refractivity contribution is 6.29. The largest absolute Gasteiger partial charge is 0.302 e. The van der Waals surface area contributed by atoms with Crippen LogP contribution < -0.4 is 5.56 Å². The molecule has 0 aliphatic carbocycles. The van der Waals surface area contributed by atoms with Crippen molar-refractivity contribution in [2.24, 2.45) is 7.05 Å². The first-order valence-corrected chi connectivity index (χ1v) is 5.08. The van der Waals surface area contributed by atoms with Gasteiger partial charge < -0.3 is 4.57 Å². The molecule has 0 radical (unpaired) electrons. The third kappa shape index (κ3) is 1.99. The minimum Gasteiger partial charge on any atom is -0.302 e. The molecule has 16 heavy (non-hydrogen) atoms. The lowest BCUT2D eigenvalue weighted by Gasteiger charge is -2.05. The lowest BCUT2D eigenvalue weighted by Crippen LogP contribution is -2.15. The van der Waals surface area contributed by atoms with E-state index in [4.69, 9.17) is 11.6 Å². The van der Waals surface area contributed by atoms with Crippen LogP contribution in [0.5, 0.6) is 0 Å². The van der Waals surface area contributed by atoms with Crippen LogP contribution in [0, 0.1) is 5.82 Å². The summed E-state index contributed by atoms with van der Waals surface area (Å²) in [5.74, 6) is -0.307. The van der Waals surface area contributed by atoms with E-state index in [9.17, 15) is 9.18 Å². The summed E-state index contributed by atoms with van der Waals surface area (Å²) in [5, 5.41) is 0.354. The normalized spacial score (nSPS) is 10.4. The molecule has 82 valence electrons. The van der Waals surface area contributed by atoms with Crippen molar-refractivity contribution in [2.75, 3.05) is 0 Å². The van der Waals surface area contributed by atoms with E-state index in [-0.39, 0.29) is 11.4 Å². The summed E-state index contributed by atoms with van der Waals surface area (Å²) in [7, 11) is 1.60. The first-order valence-electron chi connectivity index (χ1n) is 4.70. The van der Waals surface area contributed by atoms with E-state index in [1.54, 1.807) is 25.2 Å². The number of benzene rings is 1. The zero-order valence-electron chi connectivity index (χ0n) is 8.58. The second kappa shape index (κ2) is 4.10. The first-order chi connectivity index (χ1) is 7.58. The number of halogens is 2. The Morgan fingerprint density at radius 3 is 2.31 bits per heavy atom. The molecule has 0 N–H and O–H groups in total. The molecule has 0 aliphatic heterocycles. The number of hydrogen-bond donors (Lipinski definition) is 0. The van der Waals surface area contributed by atoms with Gasteiger partial charge in [0.2, 0.25) is 0 Å². The highest BCUT2D eigenvalue weighted by atomic mass is 35.5. The van der Waals surface area contributed by atoms with Crippen LogP contribution in [0.15, 0.2) is 41.2 Å². The van der Waals surface area contributed by atoms with Crippen molar-refractivity contribution >= 4 is 11.6 Å². The summed E-state index contributed by atoms with van der Waals surface area (Å²) in [5.41, 5.74) is 1.26. The smallest absolute Gasteiger partial charge is 0.252 e. The maximum absolute atomic E-state index is 12.7. The number of nitrogens with zero attached hydrogens (tertiary/aromatic N) is 1. The van der Waals surface area contributed by atoms with E-state index in [1.807, 2.05) is 0 Å². The quantitative estimate of drug-likeness (QED) is 0.699. The average Bonchev–Trinajstić information content (AvgIpc) is 2.26. The van der Waals surface area contributed by atoms with Crippen LogP contribution in [0.4, 0.5) is 4.39 Å². The fraction of sp³-hybridized carbons (Fsp3) is 0.0833. The maximum Gasteiger partial charge on any atom is 0.252 e. The van der Waals surface area contributed by atoms with E-state index >= 15 is 0 Å². The van der Waals surface area contributed by atoms with Crippen LogP contribution in [0.3, 0.4) is 0 Å². The van der Waals surface area contributed by atoms with Crippen LogP contribution in [-0.4, -0.2) is 4.57 Å². The van der Waals surface area contributed by atoms with E-state index in [0.29, 0.717) is 10.7 Å². The topological polar surface area (TPSA) is 22.0 Å². The van der Waals surface area contributed by atoms with Crippen LogP contribution >= 0.6 is 11.6 Å². The molecule has 0 saturated heterocycles. The number of rotatable bonds is 1. The van der Waals surface area contributed by atoms with Crippen molar-refractivity contribution in [2.45, 2.75) is 0 Å². The molecule has 1 aromatic carbocycles. The molecular weight excluding hydrogens is 229 g/mol. The Kier molecular flexibility index (Phi) is 2.79. The van der Waals surface area contributed by atoms with Gasteiger partial charge in [0.25, 0.3) is 5.56 Å². The zero-order valence-corrected chi connectivity index (χ0v) is 9.33. The molecule has 1 aromatic heterocycles. The lowest BCUT2D eigenvalue weighted by atomic mass is 10.1. The molecule has 0 aliphatic rings. The van der Waals surface area contributed by atoms with Gasteiger partial charge in [0.1, 0.15) is 11.0 Å². The van der Waals surface area contributed by atoms with Crippen molar-refractivity contribution in [1.82, 2.24) is 4.57 Å². The molecule has 0 amide bonds. The summed E-state index contributed by atoms with van der Waals surface area (Å²) in [4.78, 5) is 11.5. The van der Waals surface area contributed by atoms with Gasteiger partial charge in [-0.05, 0) is 29.3 Å². The van der Waals surface area contributed by atoms with Gasteiger partial charge in [-0.15, -0.1) is 0 Å². The maximum atomic E-state index is 12.7. The lowest BCUT2D eigenvalue weighted by molar-refractivity contribution is 0.628. The summed E-state index contributed by atoms with van der Waals surface area (Å²) in [6.07, 6.45) is 0. The van der Waals surface area contributed by atoms with Gasteiger partial charge in [0, 0.05) is 13.1 Å². The molecule has 0 atom stereocenters. The molecular formula is C12H9ClFNO. The SMILES string of the molecule is Cn1c(Cl)cc(-c2ccc(F)cc2)cc1=O. The molecule has 0 unspecified atom stereocenters. The minimum atomic E-state index is -0.307. The second-order valence-electron chi connectivity index (χ2n) is 3.47. The first kappa shape index (κ1) is 10.9. The summed E-state index contributed by atoms with van der Waals surface area (Å²) < 4.78 is 14.1. The number of aromatic nitrogens is 1. The van der Waals surface area contributed by atoms with E-state index in [2.05, 4.69) is 0 Å². The monoisotopic (exact) mass is 237 g/mol. The van der Waals surface area contributed by atoms with Gasteiger partial charge in [0.15, 0.2) is 0 Å². The predicted molar refractivity (Wildman–Crippen MR) is 62.1 cm³/mol. The van der Waals surface area contributed by atoms with Gasteiger partial charge in [-0.25, -0.2) is 4.39 Å². The van der Waals surface area contributed by atoms with Gasteiger partial charge in [-0.2, -0.15) is 0 Å². The molecule has 0 spiro atoms. The molecule has 0 saturated carbocycles. The minimum absolute atomic E-state index is 0.188. The van der Waals surface area contributed by atoms with Crippen LogP contribution in [-0.2, 0) is 7.05 Å². The zero-order chi connectivity index (χ0) is 11.7. The molecule has 1 heterocycles. The fourth-order valence-corrected chi connectivity index (χ4v) is 1.61. The Morgan fingerprint density at radius 2 is 1.75 bits per heavy atom. The Labute approximate surface area is 96.9 Å². The molecule has 0 bridgehead atoms. The van der Waals surface area contributed by atoms with Crippen molar-refractivity contribution in [3.8, 4) is 11.1 Å².